The van der Waals surface area contributed by atoms with Gasteiger partial charge in [0.15, 0.2) is 0 Å². The molecule has 0 atom stereocenters. The number of hydrogen-bond acceptors (Lipinski definition) is 2. The third-order valence-electron chi connectivity index (χ3n) is 2.78. The highest BCUT2D eigenvalue weighted by molar-refractivity contribution is 9.10. The molecule has 0 saturated heterocycles. The third-order valence-corrected chi connectivity index (χ3v) is 3.70. The Morgan fingerprint density at radius 1 is 1.29 bits per heavy atom. The van der Waals surface area contributed by atoms with Gasteiger partial charge in [-0.05, 0) is 42.3 Å². The largest absolute Gasteiger partial charge is 0.267 e. The molecule has 2 heterocycles. The molecule has 0 radical (unpaired) electrons. The monoisotopic (exact) mass is 296 g/mol. The molecule has 0 unspecified atom stereocenters. The summed E-state index contributed by atoms with van der Waals surface area (Å²) in [6, 6.07) is 2.02. The Morgan fingerprint density at radius 3 is 2.59 bits per heavy atom. The lowest BCUT2D eigenvalue weighted by Gasteiger charge is -2.05. The van der Waals surface area contributed by atoms with Crippen LogP contribution < -0.4 is 0 Å². The van der Waals surface area contributed by atoms with Crippen molar-refractivity contribution in [3.63, 3.8) is 0 Å². The van der Waals surface area contributed by atoms with E-state index in [1.54, 1.807) is 0 Å². The minimum Gasteiger partial charge on any atom is -0.267 e. The summed E-state index contributed by atoms with van der Waals surface area (Å²) in [6.45, 7) is 7.87. The predicted molar refractivity (Wildman–Crippen MR) is 71.0 cm³/mol. The molecule has 2 rings (SSSR count). The van der Waals surface area contributed by atoms with E-state index in [2.05, 4.69) is 40.0 Å². The van der Waals surface area contributed by atoms with E-state index in [4.69, 9.17) is 0 Å². The van der Waals surface area contributed by atoms with Crippen molar-refractivity contribution in [1.82, 2.24) is 19.6 Å². The summed E-state index contributed by atoms with van der Waals surface area (Å²) in [4.78, 5) is 0. The summed E-state index contributed by atoms with van der Waals surface area (Å²) in [5, 5.41) is 8.99. The quantitative estimate of drug-likeness (QED) is 0.870. The van der Waals surface area contributed by atoms with E-state index in [-0.39, 0.29) is 0 Å². The number of nitrogens with zero attached hydrogens (tertiary/aromatic N) is 4. The van der Waals surface area contributed by atoms with Crippen molar-refractivity contribution in [2.75, 3.05) is 0 Å². The Labute approximate surface area is 110 Å². The van der Waals surface area contributed by atoms with E-state index in [9.17, 15) is 0 Å². The van der Waals surface area contributed by atoms with Gasteiger partial charge in [0.2, 0.25) is 0 Å². The maximum absolute atomic E-state index is 4.58. The van der Waals surface area contributed by atoms with Gasteiger partial charge in [0.05, 0.1) is 28.1 Å². The van der Waals surface area contributed by atoms with Crippen LogP contribution in [0.3, 0.4) is 0 Å². The van der Waals surface area contributed by atoms with Gasteiger partial charge in [-0.3, -0.25) is 9.36 Å². The maximum Gasteiger partial charge on any atom is 0.0839 e. The van der Waals surface area contributed by atoms with Crippen molar-refractivity contribution in [1.29, 1.82) is 0 Å². The smallest absolute Gasteiger partial charge is 0.0839 e. The van der Waals surface area contributed by atoms with Crippen molar-refractivity contribution in [3.8, 4) is 0 Å². The first-order valence-corrected chi connectivity index (χ1v) is 6.69. The maximum atomic E-state index is 4.58. The van der Waals surface area contributed by atoms with Gasteiger partial charge in [0.1, 0.15) is 0 Å². The van der Waals surface area contributed by atoms with Gasteiger partial charge in [-0.1, -0.05) is 6.92 Å². The summed E-state index contributed by atoms with van der Waals surface area (Å²) in [7, 11) is 0. The molecule has 5 heteroatoms. The van der Waals surface area contributed by atoms with Crippen LogP contribution in [-0.4, -0.2) is 19.6 Å². The summed E-state index contributed by atoms with van der Waals surface area (Å²) >= 11 is 3.64. The first-order valence-electron chi connectivity index (χ1n) is 5.89. The van der Waals surface area contributed by atoms with E-state index in [1.165, 1.54) is 5.69 Å². The molecule has 0 bridgehead atoms. The molecular formula is C12H17BrN4. The highest BCUT2D eigenvalue weighted by Gasteiger charge is 2.14. The van der Waals surface area contributed by atoms with Crippen LogP contribution in [0.25, 0.3) is 0 Å². The number of hydrogen-bond donors (Lipinski definition) is 0. The molecular weight excluding hydrogens is 280 g/mol. The van der Waals surface area contributed by atoms with Gasteiger partial charge in [0.25, 0.3) is 0 Å². The third kappa shape index (κ3) is 2.44. The first-order chi connectivity index (χ1) is 8.15. The standard InChI is InChI=1S/C12H17BrN4/c1-4-10-12(13)11(17(5-2)15-10)8-16-7-6-9(3)14-16/h6-7H,4-5,8H2,1-3H3. The van der Waals surface area contributed by atoms with Gasteiger partial charge in [-0.2, -0.15) is 10.2 Å². The molecule has 17 heavy (non-hydrogen) atoms. The van der Waals surface area contributed by atoms with Crippen LogP contribution in [0.2, 0.25) is 0 Å². The van der Waals surface area contributed by atoms with Gasteiger partial charge in [-0.25, -0.2) is 0 Å². The zero-order valence-electron chi connectivity index (χ0n) is 10.4. The number of halogens is 1. The van der Waals surface area contributed by atoms with Crippen LogP contribution >= 0.6 is 15.9 Å². The second kappa shape index (κ2) is 5.04. The molecule has 0 spiro atoms. The van der Waals surface area contributed by atoms with Crippen molar-refractivity contribution in [3.05, 3.63) is 33.8 Å². The molecule has 0 saturated carbocycles. The van der Waals surface area contributed by atoms with Crippen LogP contribution in [0.15, 0.2) is 16.7 Å². The summed E-state index contributed by atoms with van der Waals surface area (Å²) in [5.74, 6) is 0. The molecule has 2 aromatic heterocycles. The number of aryl methyl sites for hydroxylation is 3. The van der Waals surface area contributed by atoms with Gasteiger partial charge < -0.3 is 0 Å². The van der Waals surface area contributed by atoms with Crippen LogP contribution in [-0.2, 0) is 19.5 Å². The topological polar surface area (TPSA) is 35.6 Å². The lowest BCUT2D eigenvalue weighted by Crippen LogP contribution is -2.08. The summed E-state index contributed by atoms with van der Waals surface area (Å²) < 4.78 is 5.11. The van der Waals surface area contributed by atoms with E-state index < -0.39 is 0 Å². The van der Waals surface area contributed by atoms with Crippen LogP contribution in [0, 0.1) is 6.92 Å². The number of rotatable bonds is 4. The molecule has 0 fully saturated rings. The normalized spacial score (nSPS) is 11.1. The minimum atomic E-state index is 0.759. The Balaban J connectivity index is 2.34. The molecule has 0 N–H and O–H groups in total. The fourth-order valence-electron chi connectivity index (χ4n) is 1.87. The average Bonchev–Trinajstić information content (AvgIpc) is 2.85. The minimum absolute atomic E-state index is 0.759. The fourth-order valence-corrected chi connectivity index (χ4v) is 2.56. The molecule has 2 aromatic rings. The van der Waals surface area contributed by atoms with Crippen molar-refractivity contribution in [2.24, 2.45) is 0 Å². The molecule has 0 aliphatic rings. The molecule has 92 valence electrons. The van der Waals surface area contributed by atoms with Crippen molar-refractivity contribution < 1.29 is 0 Å². The Hall–Kier alpha value is -1.10. The van der Waals surface area contributed by atoms with Crippen LogP contribution in [0.4, 0.5) is 0 Å². The van der Waals surface area contributed by atoms with Gasteiger partial charge >= 0.3 is 0 Å². The zero-order chi connectivity index (χ0) is 12.4. The SMILES string of the molecule is CCc1nn(CC)c(Cn2ccc(C)n2)c1Br. The van der Waals surface area contributed by atoms with Crippen molar-refractivity contribution >= 4 is 15.9 Å². The Bertz CT molecular complexity index is 513. The summed E-state index contributed by atoms with van der Waals surface area (Å²) in [5.41, 5.74) is 3.34. The van der Waals surface area contributed by atoms with E-state index in [1.807, 2.05) is 28.6 Å². The molecule has 4 nitrogen and oxygen atoms in total. The Kier molecular flexibility index (Phi) is 3.66. The highest BCUT2D eigenvalue weighted by Crippen LogP contribution is 2.23. The first kappa shape index (κ1) is 12.4. The molecule has 0 aromatic carbocycles. The van der Waals surface area contributed by atoms with Crippen LogP contribution in [0.5, 0.6) is 0 Å². The predicted octanol–water partition coefficient (Wildman–Crippen LogP) is 2.78. The van der Waals surface area contributed by atoms with Gasteiger partial charge in [0, 0.05) is 12.7 Å². The van der Waals surface area contributed by atoms with Crippen molar-refractivity contribution in [2.45, 2.75) is 40.3 Å². The second-order valence-corrected chi connectivity index (χ2v) is 4.82. The highest BCUT2D eigenvalue weighted by atomic mass is 79.9. The summed E-state index contributed by atoms with van der Waals surface area (Å²) in [6.07, 6.45) is 2.94. The molecule has 0 amide bonds. The number of aromatic nitrogens is 4. The lowest BCUT2D eigenvalue weighted by atomic mass is 10.3. The molecule has 0 aliphatic carbocycles. The average molecular weight is 297 g/mol. The van der Waals surface area contributed by atoms with Crippen LogP contribution in [0.1, 0.15) is 30.9 Å². The molecule has 0 aliphatic heterocycles. The van der Waals surface area contributed by atoms with E-state index in [0.717, 1.165) is 35.4 Å². The fraction of sp³-hybridized carbons (Fsp3) is 0.500. The zero-order valence-corrected chi connectivity index (χ0v) is 12.0. The second-order valence-electron chi connectivity index (χ2n) is 4.03. The van der Waals surface area contributed by atoms with Gasteiger partial charge in [-0.15, -0.1) is 0 Å². The van der Waals surface area contributed by atoms with E-state index >= 15 is 0 Å². The lowest BCUT2D eigenvalue weighted by molar-refractivity contribution is 0.571. The van der Waals surface area contributed by atoms with E-state index in [0.29, 0.717) is 0 Å². The Morgan fingerprint density at radius 2 is 2.06 bits per heavy atom.